The fourth-order valence-corrected chi connectivity index (χ4v) is 3.74. The summed E-state index contributed by atoms with van der Waals surface area (Å²) in [5.74, 6) is 1.35. The van der Waals surface area contributed by atoms with Gasteiger partial charge >= 0.3 is 0 Å². The Kier molecular flexibility index (Phi) is 5.94. The quantitative estimate of drug-likeness (QED) is 0.580. The number of carbonyl (C=O) groups excluding carboxylic acids is 1. The van der Waals surface area contributed by atoms with Gasteiger partial charge in [-0.05, 0) is 31.2 Å². The molecule has 3 aromatic rings. The Balaban J connectivity index is 1.46. The molecule has 0 bridgehead atoms. The molecule has 10 heteroatoms. The topological polar surface area (TPSA) is 104 Å². The summed E-state index contributed by atoms with van der Waals surface area (Å²) in [6.07, 6.45) is 1.76. The molecule has 156 valence electrons. The van der Waals surface area contributed by atoms with Crippen LogP contribution in [0.2, 0.25) is 0 Å². The van der Waals surface area contributed by atoms with Crippen molar-refractivity contribution in [1.29, 1.82) is 0 Å². The maximum absolute atomic E-state index is 13.0. The molecule has 1 fully saturated rings. The molecule has 1 amide bonds. The van der Waals surface area contributed by atoms with Gasteiger partial charge in [-0.1, -0.05) is 12.1 Å². The van der Waals surface area contributed by atoms with E-state index in [1.165, 1.54) is 0 Å². The zero-order valence-electron chi connectivity index (χ0n) is 16.5. The molecular weight excluding hydrogens is 404 g/mol. The number of para-hydroxylation sites is 1. The second-order valence-electron chi connectivity index (χ2n) is 6.64. The van der Waals surface area contributed by atoms with Crippen LogP contribution in [0.3, 0.4) is 0 Å². The van der Waals surface area contributed by atoms with Gasteiger partial charge in [0.15, 0.2) is 5.75 Å². The number of rotatable bonds is 6. The molecule has 2 aromatic heterocycles. The molecule has 1 aromatic carbocycles. The summed E-state index contributed by atoms with van der Waals surface area (Å²) in [6.45, 7) is 4.78. The molecule has 2 N–H and O–H groups in total. The number of anilines is 3. The Hall–Kier alpha value is -3.40. The lowest BCUT2D eigenvalue weighted by molar-refractivity contribution is 0.0743. The van der Waals surface area contributed by atoms with E-state index in [2.05, 4.69) is 23.9 Å². The van der Waals surface area contributed by atoms with Crippen LogP contribution in [0.4, 0.5) is 17.3 Å². The van der Waals surface area contributed by atoms with Crippen molar-refractivity contribution in [2.45, 2.75) is 6.92 Å². The fourth-order valence-electron chi connectivity index (χ4n) is 3.28. The van der Waals surface area contributed by atoms with Crippen molar-refractivity contribution < 1.29 is 14.6 Å². The number of phenols is 1. The molecule has 1 saturated heterocycles. The highest BCUT2D eigenvalue weighted by atomic mass is 32.1. The first-order valence-corrected chi connectivity index (χ1v) is 10.4. The van der Waals surface area contributed by atoms with Crippen molar-refractivity contribution in [3.05, 3.63) is 48.2 Å². The molecule has 0 aliphatic carbocycles. The lowest BCUT2D eigenvalue weighted by Gasteiger charge is -2.35. The number of carbonyl (C=O) groups is 1. The molecule has 0 spiro atoms. The average molecular weight is 427 g/mol. The van der Waals surface area contributed by atoms with Gasteiger partial charge in [0.1, 0.15) is 5.82 Å². The molecule has 0 unspecified atom stereocenters. The smallest absolute Gasteiger partial charge is 0.271 e. The summed E-state index contributed by atoms with van der Waals surface area (Å²) in [5.41, 5.74) is 0.619. The first-order chi connectivity index (χ1) is 14.7. The molecule has 0 atom stereocenters. The molecule has 30 heavy (non-hydrogen) atoms. The zero-order chi connectivity index (χ0) is 20.9. The standard InChI is InChI=1S/C20H22N6O3S/c1-2-29-19-18(23-30-24-19)22-15-7-5-6-14(17(15)27)20(28)26-12-10-25(11-13-26)16-8-3-4-9-21-16/h3-9,27H,2,10-13H2,1H3,(H,22,23). The second kappa shape index (κ2) is 8.95. The summed E-state index contributed by atoms with van der Waals surface area (Å²) < 4.78 is 13.6. The number of nitrogens with one attached hydrogen (secondary N) is 1. The molecule has 0 radical (unpaired) electrons. The normalized spacial score (nSPS) is 13.9. The summed E-state index contributed by atoms with van der Waals surface area (Å²) in [5, 5.41) is 13.7. The average Bonchev–Trinajstić information content (AvgIpc) is 3.22. The number of nitrogens with zero attached hydrogens (tertiary/aromatic N) is 5. The van der Waals surface area contributed by atoms with E-state index in [1.54, 1.807) is 29.3 Å². The van der Waals surface area contributed by atoms with Gasteiger partial charge in [-0.2, -0.15) is 4.37 Å². The van der Waals surface area contributed by atoms with Crippen molar-refractivity contribution in [3.63, 3.8) is 0 Å². The van der Waals surface area contributed by atoms with E-state index < -0.39 is 0 Å². The van der Waals surface area contributed by atoms with Crippen LogP contribution in [0.5, 0.6) is 11.6 Å². The third kappa shape index (κ3) is 4.13. The number of aromatic nitrogens is 3. The number of ether oxygens (including phenoxy) is 1. The highest BCUT2D eigenvalue weighted by molar-refractivity contribution is 6.99. The number of pyridine rings is 1. The van der Waals surface area contributed by atoms with E-state index in [0.717, 1.165) is 17.5 Å². The van der Waals surface area contributed by atoms with Crippen molar-refractivity contribution in [1.82, 2.24) is 18.6 Å². The molecule has 1 aliphatic rings. The Labute approximate surface area is 178 Å². The minimum absolute atomic E-state index is 0.120. The van der Waals surface area contributed by atoms with Crippen LogP contribution < -0.4 is 15.0 Å². The van der Waals surface area contributed by atoms with Crippen LogP contribution in [0.25, 0.3) is 0 Å². The van der Waals surface area contributed by atoms with Crippen LogP contribution in [0.1, 0.15) is 17.3 Å². The van der Waals surface area contributed by atoms with Crippen LogP contribution in [0.15, 0.2) is 42.6 Å². The van der Waals surface area contributed by atoms with Crippen molar-refractivity contribution in [2.75, 3.05) is 43.0 Å². The SMILES string of the molecule is CCOc1nsnc1Nc1cccc(C(=O)N2CCN(c3ccccn3)CC2)c1O. The Morgan fingerprint density at radius 2 is 2.00 bits per heavy atom. The minimum Gasteiger partial charge on any atom is -0.505 e. The van der Waals surface area contributed by atoms with Crippen molar-refractivity contribution in [3.8, 4) is 11.6 Å². The van der Waals surface area contributed by atoms with Gasteiger partial charge in [-0.3, -0.25) is 4.79 Å². The fraction of sp³-hybridized carbons (Fsp3) is 0.300. The largest absolute Gasteiger partial charge is 0.505 e. The first-order valence-electron chi connectivity index (χ1n) is 9.67. The van der Waals surface area contributed by atoms with E-state index in [0.29, 0.717) is 50.2 Å². The van der Waals surface area contributed by atoms with Gasteiger partial charge in [0.05, 0.1) is 29.6 Å². The lowest BCUT2D eigenvalue weighted by Crippen LogP contribution is -2.49. The van der Waals surface area contributed by atoms with Gasteiger partial charge in [0.25, 0.3) is 11.8 Å². The first kappa shape index (κ1) is 19.9. The highest BCUT2D eigenvalue weighted by Crippen LogP contribution is 2.33. The number of hydrogen-bond donors (Lipinski definition) is 2. The summed E-state index contributed by atoms with van der Waals surface area (Å²) >= 11 is 1.01. The molecular formula is C20H22N6O3S. The lowest BCUT2D eigenvalue weighted by atomic mass is 10.1. The number of amides is 1. The van der Waals surface area contributed by atoms with Crippen LogP contribution in [0, 0.1) is 0 Å². The Morgan fingerprint density at radius 1 is 1.17 bits per heavy atom. The third-order valence-electron chi connectivity index (χ3n) is 4.80. The van der Waals surface area contributed by atoms with Crippen molar-refractivity contribution >= 4 is 35.0 Å². The summed E-state index contributed by atoms with van der Waals surface area (Å²) in [6, 6.07) is 10.8. The molecule has 3 heterocycles. The van der Waals surface area contributed by atoms with E-state index in [-0.39, 0.29) is 17.2 Å². The Bertz CT molecular complexity index is 1000. The number of hydrogen-bond acceptors (Lipinski definition) is 9. The predicted molar refractivity (Wildman–Crippen MR) is 115 cm³/mol. The monoisotopic (exact) mass is 426 g/mol. The Morgan fingerprint density at radius 3 is 2.73 bits per heavy atom. The van der Waals surface area contributed by atoms with Crippen LogP contribution in [-0.4, -0.2) is 62.4 Å². The van der Waals surface area contributed by atoms with Crippen LogP contribution >= 0.6 is 11.7 Å². The van der Waals surface area contributed by atoms with Gasteiger partial charge in [0, 0.05) is 32.4 Å². The molecule has 1 aliphatic heterocycles. The van der Waals surface area contributed by atoms with E-state index in [9.17, 15) is 9.90 Å². The van der Waals surface area contributed by atoms with Gasteiger partial charge < -0.3 is 25.0 Å². The van der Waals surface area contributed by atoms with E-state index >= 15 is 0 Å². The number of aromatic hydroxyl groups is 1. The second-order valence-corrected chi connectivity index (χ2v) is 7.17. The number of benzene rings is 1. The van der Waals surface area contributed by atoms with Gasteiger partial charge in [0.2, 0.25) is 5.82 Å². The van der Waals surface area contributed by atoms with Gasteiger partial charge in [-0.25, -0.2) is 4.98 Å². The van der Waals surface area contributed by atoms with Crippen LogP contribution in [-0.2, 0) is 0 Å². The zero-order valence-corrected chi connectivity index (χ0v) is 17.3. The molecule has 4 rings (SSSR count). The maximum atomic E-state index is 13.0. The summed E-state index contributed by atoms with van der Waals surface area (Å²) in [7, 11) is 0. The minimum atomic E-state index is -0.210. The summed E-state index contributed by atoms with van der Waals surface area (Å²) in [4.78, 5) is 21.3. The number of phenolic OH excluding ortho intramolecular Hbond substituents is 1. The molecule has 9 nitrogen and oxygen atoms in total. The van der Waals surface area contributed by atoms with E-state index in [1.807, 2.05) is 25.1 Å². The predicted octanol–water partition coefficient (Wildman–Crippen LogP) is 2.74. The maximum Gasteiger partial charge on any atom is 0.271 e. The highest BCUT2D eigenvalue weighted by Gasteiger charge is 2.25. The van der Waals surface area contributed by atoms with Gasteiger partial charge in [-0.15, -0.1) is 4.37 Å². The molecule has 0 saturated carbocycles. The van der Waals surface area contributed by atoms with Crippen molar-refractivity contribution in [2.24, 2.45) is 0 Å². The third-order valence-corrected chi connectivity index (χ3v) is 5.31. The van der Waals surface area contributed by atoms with E-state index in [4.69, 9.17) is 4.74 Å². The number of piperazine rings is 1.